The van der Waals surface area contributed by atoms with Crippen LogP contribution in [-0.4, -0.2) is 26.6 Å². The molecule has 2 aromatic heterocycles. The maximum atomic E-state index is 12.0. The molecule has 0 atom stereocenters. The van der Waals surface area contributed by atoms with Crippen molar-refractivity contribution in [3.63, 3.8) is 0 Å². The van der Waals surface area contributed by atoms with Crippen molar-refractivity contribution >= 4 is 40.8 Å². The SMILES string of the molecule is CCc1nnsc1C(=O)NCc1cc(C=CC(=O)O)cs1. The van der Waals surface area contributed by atoms with Crippen molar-refractivity contribution in [2.75, 3.05) is 0 Å². The van der Waals surface area contributed by atoms with Gasteiger partial charge in [0.25, 0.3) is 5.91 Å². The first-order valence-corrected chi connectivity index (χ1v) is 7.83. The number of hydrogen-bond donors (Lipinski definition) is 2. The Balaban J connectivity index is 1.94. The van der Waals surface area contributed by atoms with Gasteiger partial charge in [0.2, 0.25) is 0 Å². The third-order valence-corrected chi connectivity index (χ3v) is 4.33. The van der Waals surface area contributed by atoms with E-state index in [1.165, 1.54) is 17.4 Å². The Morgan fingerprint density at radius 2 is 2.29 bits per heavy atom. The minimum Gasteiger partial charge on any atom is -0.478 e. The molecule has 6 nitrogen and oxygen atoms in total. The van der Waals surface area contributed by atoms with E-state index >= 15 is 0 Å². The molecule has 2 N–H and O–H groups in total. The third-order valence-electron chi connectivity index (χ3n) is 2.61. The zero-order valence-corrected chi connectivity index (χ0v) is 12.8. The van der Waals surface area contributed by atoms with Gasteiger partial charge in [-0.2, -0.15) is 0 Å². The van der Waals surface area contributed by atoms with Crippen LogP contribution in [0.1, 0.15) is 32.7 Å². The fourth-order valence-corrected chi connectivity index (χ4v) is 3.07. The first-order chi connectivity index (χ1) is 10.1. The highest BCUT2D eigenvalue weighted by molar-refractivity contribution is 7.10. The second kappa shape index (κ2) is 7.09. The average Bonchev–Trinajstić information content (AvgIpc) is 3.11. The number of aliphatic carboxylic acids is 1. The van der Waals surface area contributed by atoms with Gasteiger partial charge in [0.15, 0.2) is 0 Å². The first-order valence-electron chi connectivity index (χ1n) is 6.18. The zero-order valence-electron chi connectivity index (χ0n) is 11.2. The van der Waals surface area contributed by atoms with Crippen molar-refractivity contribution in [2.45, 2.75) is 19.9 Å². The molecule has 0 radical (unpaired) electrons. The highest BCUT2D eigenvalue weighted by Crippen LogP contribution is 2.17. The summed E-state index contributed by atoms with van der Waals surface area (Å²) in [5, 5.41) is 17.1. The summed E-state index contributed by atoms with van der Waals surface area (Å²) in [6.07, 6.45) is 3.27. The molecule has 0 spiro atoms. The fourth-order valence-electron chi connectivity index (χ4n) is 1.61. The van der Waals surface area contributed by atoms with Gasteiger partial charge in [-0.3, -0.25) is 4.79 Å². The number of amides is 1. The highest BCUT2D eigenvalue weighted by Gasteiger charge is 2.14. The Labute approximate surface area is 129 Å². The summed E-state index contributed by atoms with van der Waals surface area (Å²) in [4.78, 5) is 23.9. The Bertz CT molecular complexity index is 676. The summed E-state index contributed by atoms with van der Waals surface area (Å²) >= 11 is 2.55. The van der Waals surface area contributed by atoms with Gasteiger partial charge < -0.3 is 10.4 Å². The predicted octanol–water partition coefficient (Wildman–Crippen LogP) is 2.19. The van der Waals surface area contributed by atoms with E-state index in [1.54, 1.807) is 0 Å². The number of rotatable bonds is 6. The van der Waals surface area contributed by atoms with Crippen molar-refractivity contribution in [2.24, 2.45) is 0 Å². The van der Waals surface area contributed by atoms with E-state index in [9.17, 15) is 9.59 Å². The standard InChI is InChI=1S/C13H13N3O3S2/c1-2-10-12(21-16-15-10)13(19)14-6-9-5-8(7-20-9)3-4-11(17)18/h3-5,7H,2,6H2,1H3,(H,14,19)(H,17,18). The molecule has 0 bridgehead atoms. The van der Waals surface area contributed by atoms with Crippen molar-refractivity contribution in [3.8, 4) is 0 Å². The molecule has 0 aliphatic carbocycles. The van der Waals surface area contributed by atoms with Gasteiger partial charge in [0, 0.05) is 11.0 Å². The molecule has 0 aromatic carbocycles. The number of carbonyl (C=O) groups excluding carboxylic acids is 1. The number of aromatic nitrogens is 2. The average molecular weight is 323 g/mol. The van der Waals surface area contributed by atoms with Crippen LogP contribution in [0.5, 0.6) is 0 Å². The van der Waals surface area contributed by atoms with E-state index in [0.717, 1.165) is 28.0 Å². The van der Waals surface area contributed by atoms with E-state index < -0.39 is 5.97 Å². The topological polar surface area (TPSA) is 92.2 Å². The molecule has 21 heavy (non-hydrogen) atoms. The minimum absolute atomic E-state index is 0.183. The van der Waals surface area contributed by atoms with Crippen LogP contribution in [-0.2, 0) is 17.8 Å². The van der Waals surface area contributed by atoms with Crippen LogP contribution in [0.2, 0.25) is 0 Å². The molecule has 0 saturated heterocycles. The summed E-state index contributed by atoms with van der Waals surface area (Å²) < 4.78 is 3.78. The molecular weight excluding hydrogens is 310 g/mol. The van der Waals surface area contributed by atoms with Crippen LogP contribution in [0.15, 0.2) is 17.5 Å². The molecule has 8 heteroatoms. The van der Waals surface area contributed by atoms with Crippen molar-refractivity contribution < 1.29 is 14.7 Å². The Hall–Kier alpha value is -2.06. The lowest BCUT2D eigenvalue weighted by molar-refractivity contribution is -0.131. The van der Waals surface area contributed by atoms with Crippen LogP contribution in [0.3, 0.4) is 0 Å². The van der Waals surface area contributed by atoms with E-state index in [-0.39, 0.29) is 5.91 Å². The maximum absolute atomic E-state index is 12.0. The first kappa shape index (κ1) is 15.3. The van der Waals surface area contributed by atoms with Crippen molar-refractivity contribution in [1.82, 2.24) is 14.9 Å². The molecule has 0 aliphatic heterocycles. The van der Waals surface area contributed by atoms with Crippen molar-refractivity contribution in [3.05, 3.63) is 38.5 Å². The number of nitrogens with zero attached hydrogens (tertiary/aromatic N) is 2. The quantitative estimate of drug-likeness (QED) is 0.795. The lowest BCUT2D eigenvalue weighted by Crippen LogP contribution is -2.22. The van der Waals surface area contributed by atoms with Gasteiger partial charge in [-0.05, 0) is 41.0 Å². The zero-order chi connectivity index (χ0) is 15.2. The molecule has 2 rings (SSSR count). The molecule has 110 valence electrons. The summed E-state index contributed by atoms with van der Waals surface area (Å²) in [6, 6.07) is 1.84. The Kier molecular flexibility index (Phi) is 5.18. The second-order valence-corrected chi connectivity index (χ2v) is 5.85. The van der Waals surface area contributed by atoms with Gasteiger partial charge in [-0.25, -0.2) is 4.79 Å². The van der Waals surface area contributed by atoms with E-state index in [0.29, 0.717) is 23.5 Å². The van der Waals surface area contributed by atoms with Gasteiger partial charge in [-0.1, -0.05) is 11.4 Å². The van der Waals surface area contributed by atoms with Crippen LogP contribution < -0.4 is 5.32 Å². The van der Waals surface area contributed by atoms with Gasteiger partial charge >= 0.3 is 5.97 Å². The minimum atomic E-state index is -0.985. The van der Waals surface area contributed by atoms with Gasteiger partial charge in [0.1, 0.15) is 4.88 Å². The monoisotopic (exact) mass is 323 g/mol. The Morgan fingerprint density at radius 1 is 1.48 bits per heavy atom. The number of nitrogens with one attached hydrogen (secondary N) is 1. The summed E-state index contributed by atoms with van der Waals surface area (Å²) in [7, 11) is 0. The molecule has 0 aliphatic rings. The van der Waals surface area contributed by atoms with Crippen molar-refractivity contribution in [1.29, 1.82) is 0 Å². The number of hydrogen-bond acceptors (Lipinski definition) is 6. The smallest absolute Gasteiger partial charge is 0.328 e. The third kappa shape index (κ3) is 4.20. The number of carboxylic acids is 1. The summed E-state index contributed by atoms with van der Waals surface area (Å²) in [6.45, 7) is 2.32. The maximum Gasteiger partial charge on any atom is 0.328 e. The summed E-state index contributed by atoms with van der Waals surface area (Å²) in [5.41, 5.74) is 1.51. The van der Waals surface area contributed by atoms with Gasteiger partial charge in [0.05, 0.1) is 12.2 Å². The molecule has 0 unspecified atom stereocenters. The molecular formula is C13H13N3O3S2. The highest BCUT2D eigenvalue weighted by atomic mass is 32.1. The van der Waals surface area contributed by atoms with Crippen LogP contribution in [0.4, 0.5) is 0 Å². The number of carbonyl (C=O) groups is 2. The number of thiophene rings is 1. The summed E-state index contributed by atoms with van der Waals surface area (Å²) in [5.74, 6) is -1.17. The molecule has 1 amide bonds. The molecule has 2 heterocycles. The molecule has 0 fully saturated rings. The van der Waals surface area contributed by atoms with E-state index in [1.807, 2.05) is 18.4 Å². The number of aryl methyl sites for hydroxylation is 1. The lowest BCUT2D eigenvalue weighted by atomic mass is 10.2. The van der Waals surface area contributed by atoms with Crippen LogP contribution >= 0.6 is 22.9 Å². The Morgan fingerprint density at radius 3 is 3.00 bits per heavy atom. The van der Waals surface area contributed by atoms with E-state index in [4.69, 9.17) is 5.11 Å². The molecule has 2 aromatic rings. The van der Waals surface area contributed by atoms with Crippen LogP contribution in [0.25, 0.3) is 6.08 Å². The number of carboxylic acid groups (broad SMARTS) is 1. The van der Waals surface area contributed by atoms with Gasteiger partial charge in [-0.15, -0.1) is 16.4 Å². The fraction of sp³-hybridized carbons (Fsp3) is 0.231. The van der Waals surface area contributed by atoms with E-state index in [2.05, 4.69) is 14.9 Å². The van der Waals surface area contributed by atoms with Crippen LogP contribution in [0, 0.1) is 0 Å². The lowest BCUT2D eigenvalue weighted by Gasteiger charge is -2.01. The second-order valence-electron chi connectivity index (χ2n) is 4.10. The molecule has 0 saturated carbocycles. The largest absolute Gasteiger partial charge is 0.478 e. The normalized spacial score (nSPS) is 10.9. The predicted molar refractivity (Wildman–Crippen MR) is 81.4 cm³/mol.